The lowest BCUT2D eigenvalue weighted by molar-refractivity contribution is -0.147. The quantitative estimate of drug-likeness (QED) is 0.0766. The third-order valence-electron chi connectivity index (χ3n) is 7.70. The van der Waals surface area contributed by atoms with Crippen molar-refractivity contribution in [1.29, 1.82) is 0 Å². The smallest absolute Gasteiger partial charge is 0.321 e. The molecule has 0 heterocycles. The topological polar surface area (TPSA) is 237 Å². The van der Waals surface area contributed by atoms with Crippen LogP contribution in [0.25, 0.3) is 0 Å². The lowest BCUT2D eigenvalue weighted by atomic mass is 9.83. The van der Waals surface area contributed by atoms with E-state index in [2.05, 4.69) is 0 Å². The van der Waals surface area contributed by atoms with E-state index in [9.17, 15) is 51.0 Å². The van der Waals surface area contributed by atoms with Gasteiger partial charge in [0, 0.05) is 21.2 Å². The molecule has 4 rings (SSSR count). The Bertz CT molecular complexity index is 2220. The number of carboxylic acid groups (broad SMARTS) is 2. The molecular formula is C35H28Cl4N2O13S2. The second kappa shape index (κ2) is 19.0. The van der Waals surface area contributed by atoms with Gasteiger partial charge in [-0.1, -0.05) is 107 Å². The van der Waals surface area contributed by atoms with Crippen LogP contribution in [0.5, 0.6) is 0 Å². The maximum atomic E-state index is 14.0. The van der Waals surface area contributed by atoms with Gasteiger partial charge in [-0.2, -0.15) is 9.44 Å². The Kier molecular flexibility index (Phi) is 15.0. The first-order valence-electron chi connectivity index (χ1n) is 15.7. The summed E-state index contributed by atoms with van der Waals surface area (Å²) in [4.78, 5) is 62.2. The molecule has 0 saturated heterocycles. The second-order valence-corrected chi connectivity index (χ2v) is 16.5. The second-order valence-electron chi connectivity index (χ2n) is 11.4. The highest BCUT2D eigenvalue weighted by atomic mass is 35.5. The molecule has 4 aromatic rings. The molecule has 0 radical (unpaired) electrons. The molecule has 56 heavy (non-hydrogen) atoms. The zero-order valence-electron chi connectivity index (χ0n) is 28.3. The molecule has 4 N–H and O–H groups in total. The molecule has 0 aliphatic carbocycles. The van der Waals surface area contributed by atoms with Gasteiger partial charge in [0.25, 0.3) is 0 Å². The highest BCUT2D eigenvalue weighted by Gasteiger charge is 2.44. The Morgan fingerprint density at radius 1 is 0.554 bits per heavy atom. The summed E-state index contributed by atoms with van der Waals surface area (Å²) in [6, 6.07) is 20.3. The largest absolute Gasteiger partial charge is 0.480 e. The van der Waals surface area contributed by atoms with Crippen molar-refractivity contribution in [3.63, 3.8) is 0 Å². The van der Waals surface area contributed by atoms with E-state index in [4.69, 9.17) is 55.9 Å². The van der Waals surface area contributed by atoms with E-state index in [0.29, 0.717) is 11.1 Å². The summed E-state index contributed by atoms with van der Waals surface area (Å²) in [5, 5.41) is 17.4. The molecule has 4 aromatic carbocycles. The Morgan fingerprint density at radius 3 is 1.21 bits per heavy atom. The molecule has 0 bridgehead atoms. The summed E-state index contributed by atoms with van der Waals surface area (Å²) in [7, 11) is -9.52. The van der Waals surface area contributed by atoms with E-state index in [1.807, 2.05) is 9.44 Å². The number of hydrogen-bond acceptors (Lipinski definition) is 11. The summed E-state index contributed by atoms with van der Waals surface area (Å²) >= 11 is 25.2. The Labute approximate surface area is 339 Å². The van der Waals surface area contributed by atoms with E-state index in [1.54, 1.807) is 60.7 Å². The first-order chi connectivity index (χ1) is 26.4. The Morgan fingerprint density at radius 2 is 0.893 bits per heavy atom. The molecular weight excluding hydrogens is 862 g/mol. The lowest BCUT2D eigenvalue weighted by Crippen LogP contribution is -2.34. The van der Waals surface area contributed by atoms with Gasteiger partial charge in [-0.05, 0) is 35.4 Å². The van der Waals surface area contributed by atoms with Crippen LogP contribution in [0, 0.1) is 0 Å². The van der Waals surface area contributed by atoms with Crippen molar-refractivity contribution in [1.82, 2.24) is 9.44 Å². The first-order valence-corrected chi connectivity index (χ1v) is 20.2. The summed E-state index contributed by atoms with van der Waals surface area (Å²) < 4.78 is 66.9. The number of Topliss-reactive ketones (excluding diaryl/α,β-unsaturated/α-hetero) is 1. The van der Waals surface area contributed by atoms with Crippen molar-refractivity contribution >= 4 is 96.1 Å². The monoisotopic (exact) mass is 888 g/mol. The maximum absolute atomic E-state index is 14.0. The number of carbonyl (C=O) groups excluding carboxylic acids is 3. The minimum Gasteiger partial charge on any atom is -0.480 e. The molecule has 2 unspecified atom stereocenters. The van der Waals surface area contributed by atoms with Crippen LogP contribution < -0.4 is 9.44 Å². The number of benzene rings is 4. The molecule has 15 nitrogen and oxygen atoms in total. The van der Waals surface area contributed by atoms with Crippen LogP contribution in [0.4, 0.5) is 0 Å². The van der Waals surface area contributed by atoms with Crippen LogP contribution in [0.1, 0.15) is 34.1 Å². The molecule has 0 aliphatic heterocycles. The van der Waals surface area contributed by atoms with Gasteiger partial charge < -0.3 is 19.7 Å². The van der Waals surface area contributed by atoms with Gasteiger partial charge in [-0.25, -0.2) is 16.8 Å². The van der Waals surface area contributed by atoms with Crippen LogP contribution >= 0.6 is 46.4 Å². The van der Waals surface area contributed by atoms with Crippen molar-refractivity contribution in [3.8, 4) is 0 Å². The normalized spacial score (nSPS) is 12.6. The van der Waals surface area contributed by atoms with Gasteiger partial charge >= 0.3 is 23.9 Å². The number of esters is 2. The van der Waals surface area contributed by atoms with Crippen LogP contribution in [-0.2, 0) is 66.7 Å². The van der Waals surface area contributed by atoms with E-state index in [0.717, 1.165) is 24.3 Å². The molecule has 0 amide bonds. The third-order valence-corrected chi connectivity index (χ3v) is 12.3. The number of aliphatic carboxylic acids is 2. The van der Waals surface area contributed by atoms with Crippen molar-refractivity contribution < 1.29 is 60.5 Å². The van der Waals surface area contributed by atoms with E-state index in [-0.39, 0.29) is 13.2 Å². The number of carboxylic acids is 2. The van der Waals surface area contributed by atoms with Crippen LogP contribution in [0.15, 0.2) is 94.7 Å². The Balaban J connectivity index is 1.62. The van der Waals surface area contributed by atoms with Crippen molar-refractivity contribution in [3.05, 3.63) is 127 Å². The minimum absolute atomic E-state index is 0.177. The standard InChI is InChI=1S/C35H28Cl4N2O13S2/c36-21-11-13-23(55(49,50)40-15-25(42)53-17-19-7-3-1-4-8-19)31(38)27(21)29(34(45)46)33(44)30(35(47)48)28-22(37)12-14-24(32(28)39)56(51,52)41-16-26(43)54-18-20-9-5-2-6-10-20/h1-14,29-30,40-41H,15-18H2,(H,45,46)(H,47,48). The van der Waals surface area contributed by atoms with Gasteiger partial charge in [0.05, 0.1) is 10.0 Å². The van der Waals surface area contributed by atoms with E-state index >= 15 is 0 Å². The van der Waals surface area contributed by atoms with Gasteiger partial charge in [-0.3, -0.25) is 24.0 Å². The van der Waals surface area contributed by atoms with Crippen LogP contribution in [0.3, 0.4) is 0 Å². The third kappa shape index (κ3) is 10.8. The fourth-order valence-electron chi connectivity index (χ4n) is 5.03. The number of carbonyl (C=O) groups is 5. The summed E-state index contributed by atoms with van der Waals surface area (Å²) in [5.74, 6) is -13.1. The number of sulfonamides is 2. The minimum atomic E-state index is -4.76. The molecule has 2 atom stereocenters. The van der Waals surface area contributed by atoms with Crippen molar-refractivity contribution in [2.24, 2.45) is 0 Å². The molecule has 296 valence electrons. The number of ketones is 1. The van der Waals surface area contributed by atoms with E-state index in [1.165, 1.54) is 0 Å². The highest BCUT2D eigenvalue weighted by Crippen LogP contribution is 2.43. The van der Waals surface area contributed by atoms with Gasteiger partial charge in [0.2, 0.25) is 20.0 Å². The lowest BCUT2D eigenvalue weighted by Gasteiger charge is -2.22. The Hall–Kier alpha value is -4.59. The molecule has 0 aliphatic rings. The summed E-state index contributed by atoms with van der Waals surface area (Å²) in [6.45, 7) is -2.15. The predicted molar refractivity (Wildman–Crippen MR) is 202 cm³/mol. The molecule has 21 heteroatoms. The number of rotatable bonds is 18. The van der Waals surface area contributed by atoms with Crippen LogP contribution in [-0.4, -0.2) is 69.8 Å². The average molecular weight is 891 g/mol. The molecule has 0 spiro atoms. The number of halogens is 4. The number of hydrogen-bond donors (Lipinski definition) is 4. The zero-order chi connectivity index (χ0) is 41.4. The summed E-state index contributed by atoms with van der Waals surface area (Å²) in [5.41, 5.74) is -0.499. The summed E-state index contributed by atoms with van der Waals surface area (Å²) in [6.07, 6.45) is 0. The van der Waals surface area contributed by atoms with Gasteiger partial charge in [-0.15, -0.1) is 0 Å². The van der Waals surface area contributed by atoms with Crippen molar-refractivity contribution in [2.45, 2.75) is 34.8 Å². The fourth-order valence-corrected chi connectivity index (χ4v) is 8.93. The molecule has 0 aromatic heterocycles. The number of ether oxygens (including phenoxy) is 2. The average Bonchev–Trinajstić information content (AvgIpc) is 3.14. The van der Waals surface area contributed by atoms with Gasteiger partial charge in [0.1, 0.15) is 47.9 Å². The van der Waals surface area contributed by atoms with Crippen LogP contribution in [0.2, 0.25) is 20.1 Å². The van der Waals surface area contributed by atoms with Crippen molar-refractivity contribution in [2.75, 3.05) is 13.1 Å². The first kappa shape index (κ1) is 44.1. The maximum Gasteiger partial charge on any atom is 0.321 e. The highest BCUT2D eigenvalue weighted by molar-refractivity contribution is 7.90. The van der Waals surface area contributed by atoms with Gasteiger partial charge in [0.15, 0.2) is 5.78 Å². The molecule has 0 saturated carbocycles. The van der Waals surface area contributed by atoms with E-state index < -0.39 is 116 Å². The fraction of sp³-hybridized carbons (Fsp3) is 0.171. The SMILES string of the molecule is O=C(CNS(=O)(=O)c1ccc(Cl)c(C(C(=O)O)C(=O)C(C(=O)O)c2c(Cl)ccc(S(=O)(=O)NCC(=O)OCc3ccccc3)c2Cl)c1Cl)OCc1ccccc1. The predicted octanol–water partition coefficient (Wildman–Crippen LogP) is 4.95. The molecule has 0 fully saturated rings. The number of nitrogens with one attached hydrogen (secondary N) is 2. The zero-order valence-corrected chi connectivity index (χ0v) is 32.9.